The van der Waals surface area contributed by atoms with Gasteiger partial charge in [0.05, 0.1) is 0 Å². The maximum absolute atomic E-state index is 10.4. The Morgan fingerprint density at radius 2 is 2.25 bits per heavy atom. The van der Waals surface area contributed by atoms with Gasteiger partial charge in [-0.1, -0.05) is 6.58 Å². The third kappa shape index (κ3) is 1.75. The molecule has 0 atom stereocenters. The maximum atomic E-state index is 10.4. The second-order valence-corrected chi connectivity index (χ2v) is 1.61. The summed E-state index contributed by atoms with van der Waals surface area (Å²) in [4.78, 5) is 10.4. The summed E-state index contributed by atoms with van der Waals surface area (Å²) in [5, 5.41) is 8.92. The lowest BCUT2D eigenvalue weighted by Gasteiger charge is -2.05. The molecule has 3 nitrogen and oxygen atoms in total. The Kier molecular flexibility index (Phi) is 2.21. The molecule has 0 fully saturated rings. The lowest BCUT2D eigenvalue weighted by molar-refractivity contribution is -0.154. The lowest BCUT2D eigenvalue weighted by Crippen LogP contribution is -2.22. The van der Waals surface area contributed by atoms with Gasteiger partial charge < -0.3 is 0 Å². The van der Waals surface area contributed by atoms with E-state index < -0.39 is 5.91 Å². The van der Waals surface area contributed by atoms with E-state index >= 15 is 0 Å². The van der Waals surface area contributed by atoms with E-state index in [-0.39, 0.29) is 1.43 Å². The van der Waals surface area contributed by atoms with Crippen molar-refractivity contribution in [3.8, 4) is 0 Å². The predicted octanol–water partition coefficient (Wildman–Crippen LogP) is 0.656. The molecule has 0 saturated carbocycles. The Balaban J connectivity index is 0. The minimum absolute atomic E-state index is 0. The Labute approximate surface area is 49.7 Å². The molecule has 3 heteroatoms. The summed E-state index contributed by atoms with van der Waals surface area (Å²) < 4.78 is 0. The van der Waals surface area contributed by atoms with Crippen LogP contribution in [0, 0.1) is 0 Å². The minimum Gasteiger partial charge on any atom is -0.286 e. The molecule has 0 aromatic carbocycles. The fourth-order valence-electron chi connectivity index (χ4n) is 0.276. The molecule has 0 aliphatic rings. The number of likely N-dealkylation sites (N-methyl/N-ethyl adjacent to an activating group) is 1. The first-order valence-corrected chi connectivity index (χ1v) is 2.18. The molecular weight excluding hydrogens is 106 g/mol. The van der Waals surface area contributed by atoms with Crippen LogP contribution >= 0.6 is 0 Å². The van der Waals surface area contributed by atoms with E-state index in [0.29, 0.717) is 10.6 Å². The Morgan fingerprint density at radius 1 is 1.88 bits per heavy atom. The van der Waals surface area contributed by atoms with Crippen LogP contribution in [-0.4, -0.2) is 23.2 Å². The van der Waals surface area contributed by atoms with Gasteiger partial charge in [0, 0.05) is 14.0 Å². The number of carbonyl (C=O) groups excluding carboxylic acids is 1. The Hall–Kier alpha value is -0.830. The third-order valence-electron chi connectivity index (χ3n) is 0.659. The monoisotopic (exact) mass is 117 g/mol. The van der Waals surface area contributed by atoms with Crippen LogP contribution < -0.4 is 0 Å². The zero-order valence-corrected chi connectivity index (χ0v) is 5.01. The number of hydrogen-bond acceptors (Lipinski definition) is 2. The fraction of sp³-hybridized carbons (Fsp3) is 0.400. The number of rotatable bonds is 1. The van der Waals surface area contributed by atoms with Gasteiger partial charge in [-0.2, -0.15) is 0 Å². The van der Waals surface area contributed by atoms with Crippen LogP contribution in [0.3, 0.4) is 0 Å². The molecule has 0 aromatic heterocycles. The summed E-state index contributed by atoms with van der Waals surface area (Å²) >= 11 is 0. The summed E-state index contributed by atoms with van der Waals surface area (Å²) in [6.45, 7) is 4.86. The Bertz CT molecular complexity index is 122. The molecule has 0 aliphatic carbocycles. The molecule has 48 valence electrons. The van der Waals surface area contributed by atoms with Crippen LogP contribution in [0.15, 0.2) is 12.2 Å². The molecule has 0 aromatic rings. The third-order valence-corrected chi connectivity index (χ3v) is 0.659. The number of carbonyl (C=O) groups is 1. The van der Waals surface area contributed by atoms with Crippen molar-refractivity contribution >= 4 is 5.91 Å². The highest BCUT2D eigenvalue weighted by atomic mass is 16.5. The quantitative estimate of drug-likeness (QED) is 0.311. The van der Waals surface area contributed by atoms with Gasteiger partial charge in [0.25, 0.3) is 5.91 Å². The molecule has 0 aliphatic heterocycles. The normalized spacial score (nSPS) is 8.38. The van der Waals surface area contributed by atoms with Gasteiger partial charge in [0.15, 0.2) is 0 Å². The molecule has 8 heavy (non-hydrogen) atoms. The average Bonchev–Trinajstić information content (AvgIpc) is 1.64. The molecule has 0 unspecified atom stereocenters. The van der Waals surface area contributed by atoms with Crippen LogP contribution in [0.25, 0.3) is 0 Å². The van der Waals surface area contributed by atoms with Crippen molar-refractivity contribution in [3.63, 3.8) is 0 Å². The first kappa shape index (κ1) is 7.17. The first-order chi connectivity index (χ1) is 3.55. The molecule has 1 amide bonds. The average molecular weight is 117 g/mol. The number of nitrogens with zero attached hydrogens (tertiary/aromatic N) is 1. The lowest BCUT2D eigenvalue weighted by atomic mass is 10.3. The summed E-state index contributed by atoms with van der Waals surface area (Å²) in [7, 11) is 1.26. The molecule has 0 bridgehead atoms. The van der Waals surface area contributed by atoms with Crippen LogP contribution in [-0.2, 0) is 4.79 Å². The maximum Gasteiger partial charge on any atom is 0.271 e. The van der Waals surface area contributed by atoms with Crippen molar-refractivity contribution in [3.05, 3.63) is 12.2 Å². The minimum atomic E-state index is -0.454. The molecule has 0 heterocycles. The van der Waals surface area contributed by atoms with Crippen molar-refractivity contribution in [2.24, 2.45) is 0 Å². The zero-order valence-electron chi connectivity index (χ0n) is 5.01. The predicted molar refractivity (Wildman–Crippen MR) is 31.5 cm³/mol. The first-order valence-electron chi connectivity index (χ1n) is 2.18. The van der Waals surface area contributed by atoms with Gasteiger partial charge in [0.2, 0.25) is 0 Å². The van der Waals surface area contributed by atoms with Gasteiger partial charge in [-0.25, -0.2) is 5.06 Å². The standard InChI is InChI=1S/C5H9NO2.H2/c1-4(2)5(7)6(3)8;/h8H,1H2,2-3H3;1H. The van der Waals surface area contributed by atoms with Gasteiger partial charge in [-0.15, -0.1) is 0 Å². The Morgan fingerprint density at radius 3 is 2.25 bits per heavy atom. The number of amides is 1. The highest BCUT2D eigenvalue weighted by Crippen LogP contribution is 1.90. The highest BCUT2D eigenvalue weighted by molar-refractivity contribution is 5.90. The van der Waals surface area contributed by atoms with Crippen molar-refractivity contribution in [1.29, 1.82) is 0 Å². The molecule has 0 radical (unpaired) electrons. The second kappa shape index (κ2) is 2.47. The van der Waals surface area contributed by atoms with E-state index in [4.69, 9.17) is 5.21 Å². The summed E-state index contributed by atoms with van der Waals surface area (Å²) in [6.07, 6.45) is 0. The van der Waals surface area contributed by atoms with Crippen molar-refractivity contribution in [1.82, 2.24) is 5.06 Å². The highest BCUT2D eigenvalue weighted by Gasteiger charge is 2.03. The molecule has 1 N–H and O–H groups in total. The topological polar surface area (TPSA) is 40.5 Å². The van der Waals surface area contributed by atoms with E-state index in [0.717, 1.165) is 0 Å². The second-order valence-electron chi connectivity index (χ2n) is 1.61. The van der Waals surface area contributed by atoms with Gasteiger partial charge in [-0.3, -0.25) is 10.0 Å². The smallest absolute Gasteiger partial charge is 0.271 e. The SMILES string of the molecule is C=C(C)C(=O)N(C)O.[HH]. The van der Waals surface area contributed by atoms with Gasteiger partial charge in [-0.05, 0) is 6.92 Å². The van der Waals surface area contributed by atoms with E-state index in [1.165, 1.54) is 14.0 Å². The van der Waals surface area contributed by atoms with Crippen molar-refractivity contribution < 1.29 is 11.4 Å². The van der Waals surface area contributed by atoms with Gasteiger partial charge >= 0.3 is 0 Å². The summed E-state index contributed by atoms with van der Waals surface area (Å²) in [5.41, 5.74) is 0.329. The molecule has 0 saturated heterocycles. The van der Waals surface area contributed by atoms with E-state index in [1.54, 1.807) is 0 Å². The van der Waals surface area contributed by atoms with Crippen LogP contribution in [0.1, 0.15) is 8.35 Å². The van der Waals surface area contributed by atoms with Crippen LogP contribution in [0.4, 0.5) is 0 Å². The largest absolute Gasteiger partial charge is 0.286 e. The molecule has 0 spiro atoms. The van der Waals surface area contributed by atoms with E-state index in [1.807, 2.05) is 0 Å². The van der Waals surface area contributed by atoms with Crippen molar-refractivity contribution in [2.45, 2.75) is 6.92 Å². The van der Waals surface area contributed by atoms with Crippen LogP contribution in [0.5, 0.6) is 0 Å². The molecule has 0 rings (SSSR count). The zero-order chi connectivity index (χ0) is 6.73. The molecular formula is C5H11NO2. The van der Waals surface area contributed by atoms with E-state index in [9.17, 15) is 4.79 Å². The van der Waals surface area contributed by atoms with Crippen LogP contribution in [0.2, 0.25) is 0 Å². The number of hydroxylamine groups is 2. The van der Waals surface area contributed by atoms with Crippen molar-refractivity contribution in [2.75, 3.05) is 7.05 Å². The summed E-state index contributed by atoms with van der Waals surface area (Å²) in [6, 6.07) is 0. The number of hydrogen-bond donors (Lipinski definition) is 1. The van der Waals surface area contributed by atoms with E-state index in [2.05, 4.69) is 6.58 Å². The fourth-order valence-corrected chi connectivity index (χ4v) is 0.276. The van der Waals surface area contributed by atoms with Gasteiger partial charge in [0.1, 0.15) is 0 Å². The summed E-state index contributed by atoms with van der Waals surface area (Å²) in [5.74, 6) is -0.454.